The van der Waals surface area contributed by atoms with Gasteiger partial charge in [-0.25, -0.2) is 0 Å². The summed E-state index contributed by atoms with van der Waals surface area (Å²) in [6.07, 6.45) is 3.36. The molecular formula is C21H27ClF3N. The summed E-state index contributed by atoms with van der Waals surface area (Å²) < 4.78 is 36.1. The van der Waals surface area contributed by atoms with Crippen LogP contribution in [0.2, 0.25) is 5.02 Å². The molecule has 0 amide bonds. The summed E-state index contributed by atoms with van der Waals surface area (Å²) in [5.74, 6) is 0. The van der Waals surface area contributed by atoms with E-state index < -0.39 is 12.6 Å². The van der Waals surface area contributed by atoms with Gasteiger partial charge in [0.05, 0.1) is 16.2 Å². The predicted molar refractivity (Wildman–Crippen MR) is 103 cm³/mol. The molecule has 0 atom stereocenters. The zero-order valence-electron chi connectivity index (χ0n) is 15.3. The second-order valence-corrected chi connectivity index (χ2v) is 7.29. The molecule has 0 spiro atoms. The topological polar surface area (TPSA) is 12.9 Å². The highest BCUT2D eigenvalue weighted by molar-refractivity contribution is 6.31. The van der Waals surface area contributed by atoms with Crippen molar-refractivity contribution >= 4 is 22.5 Å². The Kier molecular flexibility index (Phi) is 8.20. The molecule has 0 aliphatic rings. The Labute approximate surface area is 159 Å². The maximum Gasteiger partial charge on any atom is 0.389 e. The minimum atomic E-state index is -4.00. The van der Waals surface area contributed by atoms with Crippen molar-refractivity contribution in [2.45, 2.75) is 77.3 Å². The van der Waals surface area contributed by atoms with Crippen LogP contribution in [0, 0.1) is 0 Å². The number of pyridine rings is 1. The van der Waals surface area contributed by atoms with Crippen LogP contribution in [0.15, 0.2) is 24.3 Å². The lowest BCUT2D eigenvalue weighted by Gasteiger charge is -2.07. The van der Waals surface area contributed by atoms with Gasteiger partial charge in [0, 0.05) is 11.8 Å². The average molecular weight is 386 g/mol. The number of hydrogen-bond donors (Lipinski definition) is 0. The van der Waals surface area contributed by atoms with Crippen LogP contribution in [0.3, 0.4) is 0 Å². The summed E-state index contributed by atoms with van der Waals surface area (Å²) in [4.78, 5) is 4.59. The van der Waals surface area contributed by atoms with Crippen LogP contribution < -0.4 is 0 Å². The fraction of sp³-hybridized carbons (Fsp3) is 0.571. The summed E-state index contributed by atoms with van der Waals surface area (Å²) in [6, 6.07) is 8.33. The van der Waals surface area contributed by atoms with Crippen LogP contribution in [-0.4, -0.2) is 11.2 Å². The molecule has 1 nitrogen and oxygen atoms in total. The zero-order chi connectivity index (χ0) is 19.0. The molecule has 144 valence electrons. The number of unbranched alkanes of at least 4 members (excludes halogenated alkanes) is 6. The van der Waals surface area contributed by atoms with Crippen LogP contribution in [0.5, 0.6) is 0 Å². The van der Waals surface area contributed by atoms with Crippen LogP contribution in [0.25, 0.3) is 10.9 Å². The molecule has 0 aliphatic heterocycles. The van der Waals surface area contributed by atoms with Crippen LogP contribution in [0.1, 0.15) is 69.5 Å². The van der Waals surface area contributed by atoms with E-state index in [0.717, 1.165) is 66.6 Å². The summed E-state index contributed by atoms with van der Waals surface area (Å²) in [6.45, 7) is 2.05. The van der Waals surface area contributed by atoms with E-state index >= 15 is 0 Å². The number of aromatic nitrogens is 1. The molecule has 5 heteroatoms. The van der Waals surface area contributed by atoms with Crippen LogP contribution in [-0.2, 0) is 12.8 Å². The molecule has 0 fully saturated rings. The number of alkyl halides is 3. The minimum Gasteiger partial charge on any atom is -0.251 e. The maximum atomic E-state index is 12.0. The number of benzene rings is 1. The van der Waals surface area contributed by atoms with Crippen molar-refractivity contribution in [1.82, 2.24) is 4.98 Å². The molecule has 0 saturated heterocycles. The van der Waals surface area contributed by atoms with Gasteiger partial charge in [-0.05, 0) is 49.4 Å². The van der Waals surface area contributed by atoms with E-state index in [1.54, 1.807) is 0 Å². The molecule has 2 rings (SSSR count). The Hall–Kier alpha value is -1.29. The molecule has 0 radical (unpaired) electrons. The van der Waals surface area contributed by atoms with Crippen molar-refractivity contribution < 1.29 is 13.2 Å². The van der Waals surface area contributed by atoms with Crippen LogP contribution in [0.4, 0.5) is 13.2 Å². The molecule has 1 aromatic heterocycles. The Morgan fingerprint density at radius 2 is 1.58 bits per heavy atom. The van der Waals surface area contributed by atoms with E-state index in [-0.39, 0.29) is 6.42 Å². The van der Waals surface area contributed by atoms with Crippen molar-refractivity contribution in [3.8, 4) is 0 Å². The molecule has 0 bridgehead atoms. The molecule has 0 aliphatic carbocycles. The van der Waals surface area contributed by atoms with E-state index in [1.807, 2.05) is 13.0 Å². The predicted octanol–water partition coefficient (Wildman–Crippen LogP) is 7.68. The van der Waals surface area contributed by atoms with Gasteiger partial charge >= 0.3 is 6.18 Å². The number of rotatable bonds is 10. The molecule has 2 aromatic rings. The number of nitrogens with zero attached hydrogens (tertiary/aromatic N) is 1. The molecule has 0 unspecified atom stereocenters. The van der Waals surface area contributed by atoms with E-state index in [1.165, 1.54) is 5.56 Å². The SMILES string of the molecule is CCc1nc2ccc(CCCCCCCCCC(F)(F)F)cc2cc1Cl. The van der Waals surface area contributed by atoms with Crippen molar-refractivity contribution in [3.63, 3.8) is 0 Å². The van der Waals surface area contributed by atoms with Gasteiger partial charge in [0.2, 0.25) is 0 Å². The van der Waals surface area contributed by atoms with E-state index in [0.29, 0.717) is 6.42 Å². The highest BCUT2D eigenvalue weighted by Crippen LogP contribution is 2.24. The maximum absolute atomic E-state index is 12.0. The van der Waals surface area contributed by atoms with E-state index in [4.69, 9.17) is 11.6 Å². The van der Waals surface area contributed by atoms with Gasteiger partial charge in [-0.2, -0.15) is 13.2 Å². The molecule has 26 heavy (non-hydrogen) atoms. The third-order valence-corrected chi connectivity index (χ3v) is 4.99. The largest absolute Gasteiger partial charge is 0.389 e. The summed E-state index contributed by atoms with van der Waals surface area (Å²) in [5.41, 5.74) is 3.20. The number of hydrogen-bond acceptors (Lipinski definition) is 1. The van der Waals surface area contributed by atoms with Gasteiger partial charge in [-0.15, -0.1) is 0 Å². The first-order chi connectivity index (χ1) is 12.4. The summed E-state index contributed by atoms with van der Waals surface area (Å²) >= 11 is 6.25. The Morgan fingerprint density at radius 3 is 2.23 bits per heavy atom. The lowest BCUT2D eigenvalue weighted by atomic mass is 10.0. The third kappa shape index (κ3) is 7.14. The van der Waals surface area contributed by atoms with Crippen molar-refractivity contribution in [2.24, 2.45) is 0 Å². The highest BCUT2D eigenvalue weighted by atomic mass is 35.5. The first-order valence-corrected chi connectivity index (χ1v) is 9.91. The second kappa shape index (κ2) is 10.1. The Bertz CT molecular complexity index is 697. The lowest BCUT2D eigenvalue weighted by molar-refractivity contribution is -0.135. The van der Waals surface area contributed by atoms with Crippen LogP contribution >= 0.6 is 11.6 Å². The molecule has 1 heterocycles. The van der Waals surface area contributed by atoms with Gasteiger partial charge in [0.25, 0.3) is 0 Å². The van der Waals surface area contributed by atoms with Crippen molar-refractivity contribution in [2.75, 3.05) is 0 Å². The standard InChI is InChI=1S/C21H27ClF3N/c1-2-19-18(22)15-17-14-16(11-12-20(17)26-19)10-8-6-4-3-5-7-9-13-21(23,24)25/h11-12,14-15H,2-10,13H2,1H3. The number of aryl methyl sites for hydroxylation is 2. The monoisotopic (exact) mass is 385 g/mol. The summed E-state index contributed by atoms with van der Waals surface area (Å²) in [5, 5.41) is 1.80. The van der Waals surface area contributed by atoms with E-state index in [2.05, 4.69) is 23.2 Å². The highest BCUT2D eigenvalue weighted by Gasteiger charge is 2.25. The van der Waals surface area contributed by atoms with Gasteiger partial charge in [-0.1, -0.05) is 56.7 Å². The second-order valence-electron chi connectivity index (χ2n) is 6.89. The Morgan fingerprint density at radius 1 is 0.923 bits per heavy atom. The minimum absolute atomic E-state index is 0.261. The average Bonchev–Trinajstić information content (AvgIpc) is 2.58. The smallest absolute Gasteiger partial charge is 0.251 e. The first-order valence-electron chi connectivity index (χ1n) is 9.54. The van der Waals surface area contributed by atoms with Crippen molar-refractivity contribution in [1.29, 1.82) is 0 Å². The third-order valence-electron chi connectivity index (χ3n) is 4.67. The summed E-state index contributed by atoms with van der Waals surface area (Å²) in [7, 11) is 0. The first kappa shape index (κ1) is 21.0. The Balaban J connectivity index is 1.67. The number of fused-ring (bicyclic) bond motifs is 1. The molecular weight excluding hydrogens is 359 g/mol. The van der Waals surface area contributed by atoms with Gasteiger partial charge < -0.3 is 0 Å². The quantitative estimate of drug-likeness (QED) is 0.382. The van der Waals surface area contributed by atoms with Gasteiger partial charge in [0.1, 0.15) is 0 Å². The van der Waals surface area contributed by atoms with E-state index in [9.17, 15) is 13.2 Å². The van der Waals surface area contributed by atoms with Gasteiger partial charge in [0.15, 0.2) is 0 Å². The fourth-order valence-electron chi connectivity index (χ4n) is 3.18. The fourth-order valence-corrected chi connectivity index (χ4v) is 3.48. The normalized spacial score (nSPS) is 12.0. The number of halogens is 4. The van der Waals surface area contributed by atoms with Crippen molar-refractivity contribution in [3.05, 3.63) is 40.5 Å². The zero-order valence-corrected chi connectivity index (χ0v) is 16.1. The molecule has 0 N–H and O–H groups in total. The lowest BCUT2D eigenvalue weighted by Crippen LogP contribution is -2.06. The molecule has 0 saturated carbocycles. The van der Waals surface area contributed by atoms with Gasteiger partial charge in [-0.3, -0.25) is 4.98 Å². The molecule has 1 aromatic carbocycles.